The molecule has 0 radical (unpaired) electrons. The van der Waals surface area contributed by atoms with Gasteiger partial charge in [0.05, 0.1) is 11.1 Å². The predicted molar refractivity (Wildman–Crippen MR) is 73.1 cm³/mol. The van der Waals surface area contributed by atoms with E-state index in [1.807, 2.05) is 0 Å². The van der Waals surface area contributed by atoms with Crippen molar-refractivity contribution in [1.82, 2.24) is 14.5 Å². The zero-order valence-corrected chi connectivity index (χ0v) is 11.7. The molecule has 1 aromatic heterocycles. The van der Waals surface area contributed by atoms with E-state index in [1.165, 1.54) is 23.0 Å². The molecule has 0 fully saturated rings. The van der Waals surface area contributed by atoms with Gasteiger partial charge >= 0.3 is 0 Å². The number of aromatic nitrogens is 2. The molecule has 0 spiro atoms. The van der Waals surface area contributed by atoms with Gasteiger partial charge < -0.3 is 5.73 Å². The highest BCUT2D eigenvalue weighted by Crippen LogP contribution is 2.16. The number of anilines is 1. The fraction of sp³-hybridized carbons (Fsp3) is 0.182. The van der Waals surface area contributed by atoms with Crippen LogP contribution in [0.2, 0.25) is 5.02 Å². The van der Waals surface area contributed by atoms with Gasteiger partial charge in [-0.05, 0) is 18.2 Å². The van der Waals surface area contributed by atoms with E-state index < -0.39 is 10.0 Å². The fourth-order valence-electron chi connectivity index (χ4n) is 1.52. The second-order valence-electron chi connectivity index (χ2n) is 3.96. The Balaban J connectivity index is 2.17. The fourth-order valence-corrected chi connectivity index (χ4v) is 2.83. The van der Waals surface area contributed by atoms with Crippen LogP contribution in [0.15, 0.2) is 35.4 Å². The zero-order chi connectivity index (χ0) is 14.0. The van der Waals surface area contributed by atoms with Crippen molar-refractivity contribution in [2.75, 3.05) is 5.73 Å². The lowest BCUT2D eigenvalue weighted by Gasteiger charge is -2.06. The summed E-state index contributed by atoms with van der Waals surface area (Å²) >= 11 is 5.77. The maximum Gasteiger partial charge on any atom is 0.240 e. The van der Waals surface area contributed by atoms with Crippen molar-refractivity contribution in [3.63, 3.8) is 0 Å². The summed E-state index contributed by atoms with van der Waals surface area (Å²) in [5.74, 6) is 0.425. The van der Waals surface area contributed by atoms with Gasteiger partial charge in [0, 0.05) is 24.2 Å². The van der Waals surface area contributed by atoms with Gasteiger partial charge in [-0.2, -0.15) is 5.10 Å². The Morgan fingerprint density at radius 2 is 2.21 bits per heavy atom. The van der Waals surface area contributed by atoms with Crippen molar-refractivity contribution < 1.29 is 8.42 Å². The van der Waals surface area contributed by atoms with Gasteiger partial charge in [-0.15, -0.1) is 0 Å². The van der Waals surface area contributed by atoms with Crippen molar-refractivity contribution in [2.24, 2.45) is 7.05 Å². The molecule has 0 aliphatic carbocycles. The summed E-state index contributed by atoms with van der Waals surface area (Å²) < 4.78 is 28.0. The number of hydrogen-bond donors (Lipinski definition) is 2. The molecule has 6 nitrogen and oxygen atoms in total. The Kier molecular flexibility index (Phi) is 3.79. The number of nitrogens with two attached hydrogens (primary N) is 1. The molecule has 0 aliphatic rings. The zero-order valence-electron chi connectivity index (χ0n) is 10.2. The SMILES string of the molecule is Cn1ncc(CNS(=O)(=O)c2cccc(Cl)c2)c1N. The highest BCUT2D eigenvalue weighted by molar-refractivity contribution is 7.89. The van der Waals surface area contributed by atoms with Crippen LogP contribution in [-0.4, -0.2) is 18.2 Å². The third-order valence-corrected chi connectivity index (χ3v) is 4.26. The molecule has 2 aromatic rings. The summed E-state index contributed by atoms with van der Waals surface area (Å²) in [6.07, 6.45) is 1.52. The first kappa shape index (κ1) is 13.9. The molecule has 2 rings (SSSR count). The largest absolute Gasteiger partial charge is 0.384 e. The first-order valence-electron chi connectivity index (χ1n) is 5.42. The molecule has 0 saturated heterocycles. The highest BCUT2D eigenvalue weighted by Gasteiger charge is 2.15. The summed E-state index contributed by atoms with van der Waals surface area (Å²) in [6.45, 7) is 0.0779. The van der Waals surface area contributed by atoms with Crippen LogP contribution >= 0.6 is 11.6 Å². The minimum Gasteiger partial charge on any atom is -0.384 e. The van der Waals surface area contributed by atoms with Crippen molar-refractivity contribution >= 4 is 27.4 Å². The Hall–Kier alpha value is -1.57. The van der Waals surface area contributed by atoms with Crippen molar-refractivity contribution in [2.45, 2.75) is 11.4 Å². The summed E-state index contributed by atoms with van der Waals surface area (Å²) in [7, 11) is -1.93. The van der Waals surface area contributed by atoms with Crippen LogP contribution in [0.25, 0.3) is 0 Å². The number of nitrogens with one attached hydrogen (secondary N) is 1. The molecule has 1 aromatic carbocycles. The van der Waals surface area contributed by atoms with E-state index in [2.05, 4.69) is 9.82 Å². The standard InChI is InChI=1S/C11H13ClN4O2S/c1-16-11(13)8(6-14-16)7-15-19(17,18)10-4-2-3-9(12)5-10/h2-6,15H,7,13H2,1H3. The van der Waals surface area contributed by atoms with E-state index in [9.17, 15) is 8.42 Å². The van der Waals surface area contributed by atoms with E-state index in [-0.39, 0.29) is 11.4 Å². The third-order valence-electron chi connectivity index (χ3n) is 2.62. The number of sulfonamides is 1. The Morgan fingerprint density at radius 1 is 1.47 bits per heavy atom. The van der Waals surface area contributed by atoms with Gasteiger partial charge in [-0.1, -0.05) is 17.7 Å². The Morgan fingerprint density at radius 3 is 2.79 bits per heavy atom. The second kappa shape index (κ2) is 5.20. The third kappa shape index (κ3) is 3.06. The lowest BCUT2D eigenvalue weighted by molar-refractivity contribution is 0.581. The van der Waals surface area contributed by atoms with Gasteiger partial charge in [0.1, 0.15) is 5.82 Å². The van der Waals surface area contributed by atoms with Gasteiger partial charge in [0.25, 0.3) is 0 Å². The monoisotopic (exact) mass is 300 g/mol. The molecular weight excluding hydrogens is 288 g/mol. The highest BCUT2D eigenvalue weighted by atomic mass is 35.5. The van der Waals surface area contributed by atoms with Crippen LogP contribution in [0, 0.1) is 0 Å². The number of halogens is 1. The van der Waals surface area contributed by atoms with Gasteiger partial charge in [-0.3, -0.25) is 4.68 Å². The second-order valence-corrected chi connectivity index (χ2v) is 6.16. The number of benzene rings is 1. The number of nitrogen functional groups attached to an aromatic ring is 1. The molecule has 0 atom stereocenters. The van der Waals surface area contributed by atoms with Crippen molar-refractivity contribution in [1.29, 1.82) is 0 Å². The van der Waals surface area contributed by atoms with E-state index in [0.29, 0.717) is 16.4 Å². The summed E-state index contributed by atoms with van der Waals surface area (Å²) in [5.41, 5.74) is 6.36. The van der Waals surface area contributed by atoms with Crippen LogP contribution < -0.4 is 10.5 Å². The summed E-state index contributed by atoms with van der Waals surface area (Å²) in [5, 5.41) is 4.30. The number of aryl methyl sites for hydroxylation is 1. The molecule has 3 N–H and O–H groups in total. The minimum absolute atomic E-state index is 0.0779. The number of nitrogens with zero attached hydrogens (tertiary/aromatic N) is 2. The average Bonchev–Trinajstić information content (AvgIpc) is 2.68. The lowest BCUT2D eigenvalue weighted by Crippen LogP contribution is -2.23. The maximum atomic E-state index is 12.0. The molecule has 1 heterocycles. The van der Waals surface area contributed by atoms with Gasteiger partial charge in [-0.25, -0.2) is 13.1 Å². The van der Waals surface area contributed by atoms with E-state index >= 15 is 0 Å². The topological polar surface area (TPSA) is 90.0 Å². The molecule has 0 bridgehead atoms. The van der Waals surface area contributed by atoms with Crippen molar-refractivity contribution in [3.05, 3.63) is 41.0 Å². The minimum atomic E-state index is -3.62. The van der Waals surface area contributed by atoms with E-state index in [4.69, 9.17) is 17.3 Å². The summed E-state index contributed by atoms with van der Waals surface area (Å²) in [4.78, 5) is 0.113. The van der Waals surface area contributed by atoms with Crippen LogP contribution in [0.4, 0.5) is 5.82 Å². The smallest absolute Gasteiger partial charge is 0.240 e. The van der Waals surface area contributed by atoms with E-state index in [0.717, 1.165) is 0 Å². The molecule has 19 heavy (non-hydrogen) atoms. The molecule has 8 heteroatoms. The van der Waals surface area contributed by atoms with Crippen LogP contribution in [0.3, 0.4) is 0 Å². The molecular formula is C11H13ClN4O2S. The first-order chi connectivity index (χ1) is 8.90. The van der Waals surface area contributed by atoms with Crippen LogP contribution in [0.5, 0.6) is 0 Å². The predicted octanol–water partition coefficient (Wildman–Crippen LogP) is 1.13. The molecule has 0 amide bonds. The van der Waals surface area contributed by atoms with E-state index in [1.54, 1.807) is 19.2 Å². The maximum absolute atomic E-state index is 12.0. The number of hydrogen-bond acceptors (Lipinski definition) is 4. The number of rotatable bonds is 4. The first-order valence-corrected chi connectivity index (χ1v) is 7.28. The molecule has 102 valence electrons. The Bertz CT molecular complexity index is 696. The van der Waals surface area contributed by atoms with Gasteiger partial charge in [0.15, 0.2) is 0 Å². The average molecular weight is 301 g/mol. The molecule has 0 aliphatic heterocycles. The summed E-state index contributed by atoms with van der Waals surface area (Å²) in [6, 6.07) is 6.05. The Labute approximate surface area is 116 Å². The lowest BCUT2D eigenvalue weighted by atomic mass is 10.3. The quantitative estimate of drug-likeness (QED) is 0.886. The molecule has 0 unspecified atom stereocenters. The normalized spacial score (nSPS) is 11.7. The van der Waals surface area contributed by atoms with Crippen LogP contribution in [-0.2, 0) is 23.6 Å². The van der Waals surface area contributed by atoms with Crippen molar-refractivity contribution in [3.8, 4) is 0 Å². The van der Waals surface area contributed by atoms with Crippen LogP contribution in [0.1, 0.15) is 5.56 Å². The molecule has 0 saturated carbocycles. The van der Waals surface area contributed by atoms with Gasteiger partial charge in [0.2, 0.25) is 10.0 Å².